The lowest BCUT2D eigenvalue weighted by Crippen LogP contribution is -2.13. The lowest BCUT2D eigenvalue weighted by molar-refractivity contribution is -0.384. The first-order chi connectivity index (χ1) is 12.1. The minimum Gasteiger partial charge on any atom is -0.302 e. The van der Waals surface area contributed by atoms with Crippen LogP contribution in [-0.2, 0) is 17.6 Å². The van der Waals surface area contributed by atoms with E-state index in [2.05, 4.69) is 10.3 Å². The van der Waals surface area contributed by atoms with Gasteiger partial charge in [-0.2, -0.15) is 0 Å². The molecule has 1 amide bonds. The zero-order valence-electron chi connectivity index (χ0n) is 13.2. The number of hydrogen-bond donors (Lipinski definition) is 1. The molecule has 0 saturated heterocycles. The molecule has 0 saturated carbocycles. The second-order valence-corrected chi connectivity index (χ2v) is 6.56. The number of carbonyl (C=O) groups is 1. The number of aromatic nitrogens is 1. The number of hydrogen-bond acceptors (Lipinski definition) is 5. The lowest BCUT2D eigenvalue weighted by atomic mass is 10.1. The van der Waals surface area contributed by atoms with Gasteiger partial charge in [0, 0.05) is 29.6 Å². The topological polar surface area (TPSA) is 85.1 Å². The predicted molar refractivity (Wildman–Crippen MR) is 96.8 cm³/mol. The fourth-order valence-electron chi connectivity index (χ4n) is 2.37. The Hall–Kier alpha value is -3.06. The van der Waals surface area contributed by atoms with E-state index in [1.54, 1.807) is 18.3 Å². The van der Waals surface area contributed by atoms with Crippen molar-refractivity contribution in [1.82, 2.24) is 4.98 Å². The molecule has 0 spiro atoms. The molecule has 2 aromatic carbocycles. The SMILES string of the molecule is O=C(Cc1ccccc1)Nc1ncc(Cc2cccc([N+](=O)[O-])c2)s1. The largest absolute Gasteiger partial charge is 0.302 e. The number of amides is 1. The average Bonchev–Trinajstić information content (AvgIpc) is 3.02. The molecule has 0 atom stereocenters. The van der Waals surface area contributed by atoms with Crippen LogP contribution >= 0.6 is 11.3 Å². The second kappa shape index (κ2) is 7.67. The molecule has 3 aromatic rings. The third kappa shape index (κ3) is 4.71. The number of nitro benzene ring substituents is 1. The molecule has 1 N–H and O–H groups in total. The Morgan fingerprint density at radius 2 is 1.88 bits per heavy atom. The first-order valence-corrected chi connectivity index (χ1v) is 8.43. The van der Waals surface area contributed by atoms with Crippen LogP contribution in [0.5, 0.6) is 0 Å². The van der Waals surface area contributed by atoms with Crippen molar-refractivity contribution < 1.29 is 9.72 Å². The van der Waals surface area contributed by atoms with Crippen LogP contribution in [0.15, 0.2) is 60.8 Å². The molecular weight excluding hydrogens is 338 g/mol. The lowest BCUT2D eigenvalue weighted by Gasteiger charge is -2.01. The van der Waals surface area contributed by atoms with E-state index in [4.69, 9.17) is 0 Å². The molecule has 1 heterocycles. The third-order valence-corrected chi connectivity index (χ3v) is 4.42. The number of nitrogens with zero attached hydrogens (tertiary/aromatic N) is 2. The number of nitro groups is 1. The Morgan fingerprint density at radius 3 is 2.64 bits per heavy atom. The standard InChI is InChI=1S/C18H15N3O3S/c22-17(11-13-5-2-1-3-6-13)20-18-19-12-16(25-18)10-14-7-4-8-15(9-14)21(23)24/h1-9,12H,10-11H2,(H,19,20,22). The fraction of sp³-hybridized carbons (Fsp3) is 0.111. The smallest absolute Gasteiger partial charge is 0.269 e. The van der Waals surface area contributed by atoms with Crippen molar-refractivity contribution in [3.05, 3.63) is 86.9 Å². The molecule has 0 unspecified atom stereocenters. The molecule has 0 aliphatic heterocycles. The van der Waals surface area contributed by atoms with Gasteiger partial charge in [0.25, 0.3) is 5.69 Å². The van der Waals surface area contributed by atoms with Crippen molar-refractivity contribution >= 4 is 28.1 Å². The summed E-state index contributed by atoms with van der Waals surface area (Å²) in [5.74, 6) is -0.123. The van der Waals surface area contributed by atoms with Gasteiger partial charge >= 0.3 is 0 Å². The highest BCUT2D eigenvalue weighted by Crippen LogP contribution is 2.23. The summed E-state index contributed by atoms with van der Waals surface area (Å²) in [5, 5.41) is 14.1. The van der Waals surface area contributed by atoms with Gasteiger partial charge in [0.15, 0.2) is 5.13 Å². The van der Waals surface area contributed by atoms with E-state index in [-0.39, 0.29) is 11.6 Å². The quantitative estimate of drug-likeness (QED) is 0.539. The number of rotatable bonds is 6. The van der Waals surface area contributed by atoms with Crippen LogP contribution in [-0.4, -0.2) is 15.8 Å². The Bertz CT molecular complexity index is 893. The van der Waals surface area contributed by atoms with Crippen molar-refractivity contribution in [2.75, 3.05) is 5.32 Å². The molecule has 0 radical (unpaired) electrons. The Kier molecular flexibility index (Phi) is 5.15. The Balaban J connectivity index is 1.61. The predicted octanol–water partition coefficient (Wildman–Crippen LogP) is 3.82. The van der Waals surface area contributed by atoms with Crippen molar-refractivity contribution in [2.24, 2.45) is 0 Å². The van der Waals surface area contributed by atoms with E-state index in [1.165, 1.54) is 17.4 Å². The zero-order valence-corrected chi connectivity index (χ0v) is 14.0. The third-order valence-electron chi connectivity index (χ3n) is 3.51. The van der Waals surface area contributed by atoms with Crippen LogP contribution in [0.4, 0.5) is 10.8 Å². The van der Waals surface area contributed by atoms with Crippen LogP contribution in [0.2, 0.25) is 0 Å². The van der Waals surface area contributed by atoms with Crippen LogP contribution in [0, 0.1) is 10.1 Å². The van der Waals surface area contributed by atoms with E-state index < -0.39 is 4.92 Å². The molecule has 126 valence electrons. The van der Waals surface area contributed by atoms with Gasteiger partial charge in [0.2, 0.25) is 5.91 Å². The van der Waals surface area contributed by atoms with Crippen molar-refractivity contribution in [1.29, 1.82) is 0 Å². The summed E-state index contributed by atoms with van der Waals surface area (Å²) < 4.78 is 0. The molecule has 0 aliphatic carbocycles. The van der Waals surface area contributed by atoms with E-state index in [1.807, 2.05) is 36.4 Å². The number of non-ortho nitro benzene ring substituents is 1. The molecule has 3 rings (SSSR count). The van der Waals surface area contributed by atoms with E-state index in [0.29, 0.717) is 18.0 Å². The second-order valence-electron chi connectivity index (χ2n) is 5.45. The highest BCUT2D eigenvalue weighted by molar-refractivity contribution is 7.15. The van der Waals surface area contributed by atoms with Gasteiger partial charge in [-0.05, 0) is 11.1 Å². The highest BCUT2D eigenvalue weighted by atomic mass is 32.1. The summed E-state index contributed by atoms with van der Waals surface area (Å²) in [6, 6.07) is 16.0. The van der Waals surface area contributed by atoms with Gasteiger partial charge in [-0.1, -0.05) is 42.5 Å². The minimum absolute atomic E-state index is 0.0680. The molecule has 25 heavy (non-hydrogen) atoms. The molecule has 0 fully saturated rings. The first-order valence-electron chi connectivity index (χ1n) is 7.62. The van der Waals surface area contributed by atoms with Crippen LogP contribution in [0.3, 0.4) is 0 Å². The van der Waals surface area contributed by atoms with Gasteiger partial charge in [0.05, 0.1) is 11.3 Å². The summed E-state index contributed by atoms with van der Waals surface area (Å²) in [6.07, 6.45) is 2.51. The Labute approximate surface area is 148 Å². The summed E-state index contributed by atoms with van der Waals surface area (Å²) in [6.45, 7) is 0. The van der Waals surface area contributed by atoms with Crippen molar-refractivity contribution in [2.45, 2.75) is 12.8 Å². The summed E-state index contributed by atoms with van der Waals surface area (Å²) in [7, 11) is 0. The maximum Gasteiger partial charge on any atom is 0.269 e. The average molecular weight is 353 g/mol. The normalized spacial score (nSPS) is 10.4. The molecule has 0 aliphatic rings. The van der Waals surface area contributed by atoms with Gasteiger partial charge in [0.1, 0.15) is 0 Å². The van der Waals surface area contributed by atoms with Gasteiger partial charge < -0.3 is 5.32 Å². The van der Waals surface area contributed by atoms with Crippen LogP contribution in [0.1, 0.15) is 16.0 Å². The molecule has 1 aromatic heterocycles. The number of carbonyl (C=O) groups excluding carboxylic acids is 1. The van der Waals surface area contributed by atoms with Crippen molar-refractivity contribution in [3.63, 3.8) is 0 Å². The maximum atomic E-state index is 12.0. The number of thiazole rings is 1. The minimum atomic E-state index is -0.411. The maximum absolute atomic E-state index is 12.0. The molecule has 6 nitrogen and oxygen atoms in total. The van der Waals surface area contributed by atoms with Crippen LogP contribution < -0.4 is 5.32 Å². The van der Waals surface area contributed by atoms with Crippen LogP contribution in [0.25, 0.3) is 0 Å². The van der Waals surface area contributed by atoms with Gasteiger partial charge in [-0.3, -0.25) is 14.9 Å². The number of nitrogens with one attached hydrogen (secondary N) is 1. The molecule has 7 heteroatoms. The summed E-state index contributed by atoms with van der Waals surface area (Å²) in [5.41, 5.74) is 1.84. The molecule has 0 bridgehead atoms. The number of anilines is 1. The molecular formula is C18H15N3O3S. The zero-order chi connectivity index (χ0) is 17.6. The summed E-state index contributed by atoms with van der Waals surface area (Å²) in [4.78, 5) is 27.6. The van der Waals surface area contributed by atoms with E-state index in [9.17, 15) is 14.9 Å². The van der Waals surface area contributed by atoms with E-state index in [0.717, 1.165) is 16.0 Å². The van der Waals surface area contributed by atoms with Gasteiger partial charge in [-0.25, -0.2) is 4.98 Å². The monoisotopic (exact) mass is 353 g/mol. The number of benzene rings is 2. The summed E-state index contributed by atoms with van der Waals surface area (Å²) >= 11 is 1.37. The first kappa shape index (κ1) is 16.8. The fourth-order valence-corrected chi connectivity index (χ4v) is 3.24. The van der Waals surface area contributed by atoms with Gasteiger partial charge in [-0.15, -0.1) is 11.3 Å². The van der Waals surface area contributed by atoms with Crippen molar-refractivity contribution in [3.8, 4) is 0 Å². The van der Waals surface area contributed by atoms with E-state index >= 15 is 0 Å². The Morgan fingerprint density at radius 1 is 1.12 bits per heavy atom. The highest BCUT2D eigenvalue weighted by Gasteiger charge is 2.10.